The molecule has 0 aliphatic heterocycles. The highest BCUT2D eigenvalue weighted by atomic mass is 32.2. The van der Waals surface area contributed by atoms with Crippen LogP contribution in [0.25, 0.3) is 0 Å². The molecule has 82 valence electrons. The van der Waals surface area contributed by atoms with Crippen LogP contribution >= 0.6 is 11.8 Å². The van der Waals surface area contributed by atoms with Gasteiger partial charge in [-0.3, -0.25) is 4.79 Å². The molecule has 0 fully saturated rings. The van der Waals surface area contributed by atoms with E-state index in [0.29, 0.717) is 21.4 Å². The first-order valence-electron chi connectivity index (χ1n) is 4.39. The Labute approximate surface area is 95.5 Å². The van der Waals surface area contributed by atoms with Crippen molar-refractivity contribution >= 4 is 23.4 Å². The second kappa shape index (κ2) is 4.23. The number of carbonyl (C=O) groups is 1. The van der Waals surface area contributed by atoms with Crippen molar-refractivity contribution in [2.24, 2.45) is 5.73 Å². The third-order valence-corrected chi connectivity index (χ3v) is 2.74. The lowest BCUT2D eigenvalue weighted by Gasteiger charge is -2.04. The summed E-state index contributed by atoms with van der Waals surface area (Å²) in [5.41, 5.74) is 11.5. The zero-order valence-electron chi connectivity index (χ0n) is 8.18. The standard InChI is InChI=1S/C9H9N5OS/c10-5-3-6(7(11)15)8(14-4-5)16-9-12-1-2-13-9/h1-4H,10H2,(H2,11,15)(H,12,13). The molecule has 0 bridgehead atoms. The van der Waals surface area contributed by atoms with Gasteiger partial charge in [-0.2, -0.15) is 0 Å². The highest BCUT2D eigenvalue weighted by Gasteiger charge is 2.12. The number of rotatable bonds is 3. The van der Waals surface area contributed by atoms with Gasteiger partial charge in [-0.15, -0.1) is 0 Å². The first kappa shape index (κ1) is 10.5. The molecule has 0 spiro atoms. The number of H-pyrrole nitrogens is 1. The molecule has 0 aromatic carbocycles. The molecular weight excluding hydrogens is 226 g/mol. The summed E-state index contributed by atoms with van der Waals surface area (Å²) in [4.78, 5) is 22.1. The molecule has 0 unspecified atom stereocenters. The van der Waals surface area contributed by atoms with Crippen LogP contribution in [-0.4, -0.2) is 20.9 Å². The van der Waals surface area contributed by atoms with Crippen LogP contribution < -0.4 is 11.5 Å². The number of imidazole rings is 1. The molecule has 6 nitrogen and oxygen atoms in total. The van der Waals surface area contributed by atoms with Gasteiger partial charge >= 0.3 is 0 Å². The zero-order valence-corrected chi connectivity index (χ0v) is 8.99. The summed E-state index contributed by atoms with van der Waals surface area (Å²) in [7, 11) is 0. The van der Waals surface area contributed by atoms with E-state index in [0.717, 1.165) is 0 Å². The molecule has 7 heteroatoms. The van der Waals surface area contributed by atoms with Crippen LogP contribution in [0, 0.1) is 0 Å². The average molecular weight is 235 g/mol. The monoisotopic (exact) mass is 235 g/mol. The van der Waals surface area contributed by atoms with Gasteiger partial charge in [0, 0.05) is 12.4 Å². The molecule has 0 aliphatic carbocycles. The minimum Gasteiger partial charge on any atom is -0.397 e. The van der Waals surface area contributed by atoms with E-state index in [2.05, 4.69) is 15.0 Å². The van der Waals surface area contributed by atoms with Crippen LogP contribution in [0.3, 0.4) is 0 Å². The molecule has 2 aromatic heterocycles. The largest absolute Gasteiger partial charge is 0.397 e. The maximum absolute atomic E-state index is 11.2. The maximum atomic E-state index is 11.2. The predicted molar refractivity (Wildman–Crippen MR) is 59.9 cm³/mol. The number of nitrogens with zero attached hydrogens (tertiary/aromatic N) is 2. The van der Waals surface area contributed by atoms with E-state index in [4.69, 9.17) is 11.5 Å². The number of hydrogen-bond acceptors (Lipinski definition) is 5. The van der Waals surface area contributed by atoms with Crippen molar-refractivity contribution < 1.29 is 4.79 Å². The van der Waals surface area contributed by atoms with Gasteiger partial charge in [0.05, 0.1) is 17.4 Å². The summed E-state index contributed by atoms with van der Waals surface area (Å²) >= 11 is 1.22. The Bertz CT molecular complexity index is 511. The minimum atomic E-state index is -0.561. The van der Waals surface area contributed by atoms with Gasteiger partial charge in [-0.05, 0) is 17.8 Å². The van der Waals surface area contributed by atoms with E-state index in [1.54, 1.807) is 12.4 Å². The van der Waals surface area contributed by atoms with Crippen LogP contribution in [0.15, 0.2) is 34.8 Å². The summed E-state index contributed by atoms with van der Waals surface area (Å²) in [5.74, 6) is -0.561. The Hall–Kier alpha value is -2.02. The number of hydrogen-bond donors (Lipinski definition) is 3. The van der Waals surface area contributed by atoms with E-state index < -0.39 is 5.91 Å². The number of anilines is 1. The van der Waals surface area contributed by atoms with Gasteiger partial charge in [0.2, 0.25) is 0 Å². The summed E-state index contributed by atoms with van der Waals surface area (Å²) in [6, 6.07) is 1.50. The third kappa shape index (κ3) is 2.14. The van der Waals surface area contributed by atoms with Crippen molar-refractivity contribution in [1.82, 2.24) is 15.0 Å². The van der Waals surface area contributed by atoms with E-state index in [9.17, 15) is 4.79 Å². The van der Waals surface area contributed by atoms with Crippen LogP contribution in [0.1, 0.15) is 10.4 Å². The highest BCUT2D eigenvalue weighted by Crippen LogP contribution is 2.26. The molecule has 5 N–H and O–H groups in total. The molecule has 2 heterocycles. The molecule has 2 rings (SSSR count). The topological polar surface area (TPSA) is 111 Å². The maximum Gasteiger partial charge on any atom is 0.251 e. The minimum absolute atomic E-state index is 0.293. The van der Waals surface area contributed by atoms with Crippen molar-refractivity contribution in [1.29, 1.82) is 0 Å². The Morgan fingerprint density at radius 3 is 2.88 bits per heavy atom. The quantitative estimate of drug-likeness (QED) is 0.722. The van der Waals surface area contributed by atoms with Crippen LogP contribution in [0.4, 0.5) is 5.69 Å². The second-order valence-corrected chi connectivity index (χ2v) is 3.96. The number of carbonyl (C=O) groups excluding carboxylic acids is 1. The molecule has 0 saturated carbocycles. The van der Waals surface area contributed by atoms with Crippen LogP contribution in [0.2, 0.25) is 0 Å². The van der Waals surface area contributed by atoms with Gasteiger partial charge in [-0.1, -0.05) is 0 Å². The number of pyridine rings is 1. The molecule has 0 atom stereocenters. The second-order valence-electron chi connectivity index (χ2n) is 2.98. The summed E-state index contributed by atoms with van der Waals surface area (Å²) in [6.45, 7) is 0. The zero-order chi connectivity index (χ0) is 11.5. The lowest BCUT2D eigenvalue weighted by molar-refractivity contribution is 0.0997. The molecule has 0 aliphatic rings. The fourth-order valence-electron chi connectivity index (χ4n) is 1.12. The fourth-order valence-corrected chi connectivity index (χ4v) is 1.92. The predicted octanol–water partition coefficient (Wildman–Crippen LogP) is 0.637. The first-order valence-corrected chi connectivity index (χ1v) is 5.21. The van der Waals surface area contributed by atoms with Gasteiger partial charge in [-0.25, -0.2) is 9.97 Å². The van der Waals surface area contributed by atoms with Gasteiger partial charge < -0.3 is 16.5 Å². The number of aromatic amines is 1. The molecule has 1 amide bonds. The van der Waals surface area contributed by atoms with Crippen molar-refractivity contribution in [3.8, 4) is 0 Å². The number of nitrogens with one attached hydrogen (secondary N) is 1. The summed E-state index contributed by atoms with van der Waals surface area (Å²) in [6.07, 6.45) is 4.77. The van der Waals surface area contributed by atoms with Crippen LogP contribution in [0.5, 0.6) is 0 Å². The van der Waals surface area contributed by atoms with E-state index >= 15 is 0 Å². The SMILES string of the molecule is NC(=O)c1cc(N)cnc1Sc1ncc[nH]1. The highest BCUT2D eigenvalue weighted by molar-refractivity contribution is 7.99. The number of nitrogens with two attached hydrogens (primary N) is 2. The Balaban J connectivity index is 2.36. The average Bonchev–Trinajstić information content (AvgIpc) is 2.73. The number of nitrogen functional groups attached to an aromatic ring is 1. The van der Waals surface area contributed by atoms with Crippen molar-refractivity contribution in [2.45, 2.75) is 10.2 Å². The van der Waals surface area contributed by atoms with Gasteiger partial charge in [0.25, 0.3) is 5.91 Å². The number of primary amides is 1. The number of amides is 1. The Morgan fingerprint density at radius 1 is 1.44 bits per heavy atom. The Morgan fingerprint density at radius 2 is 2.25 bits per heavy atom. The lowest BCUT2D eigenvalue weighted by atomic mass is 10.2. The van der Waals surface area contributed by atoms with Crippen molar-refractivity contribution in [2.75, 3.05) is 5.73 Å². The van der Waals surface area contributed by atoms with E-state index in [-0.39, 0.29) is 0 Å². The van der Waals surface area contributed by atoms with Crippen LogP contribution in [-0.2, 0) is 0 Å². The third-order valence-electron chi connectivity index (χ3n) is 1.80. The van der Waals surface area contributed by atoms with Gasteiger partial charge in [0.15, 0.2) is 5.16 Å². The molecular formula is C9H9N5OS. The lowest BCUT2D eigenvalue weighted by Crippen LogP contribution is -2.13. The fraction of sp³-hybridized carbons (Fsp3) is 0. The first-order chi connectivity index (χ1) is 7.66. The van der Waals surface area contributed by atoms with Gasteiger partial charge in [0.1, 0.15) is 5.03 Å². The molecule has 16 heavy (non-hydrogen) atoms. The Kier molecular flexibility index (Phi) is 2.78. The molecule has 2 aromatic rings. The van der Waals surface area contributed by atoms with E-state index in [1.807, 2.05) is 0 Å². The normalized spacial score (nSPS) is 10.2. The summed E-state index contributed by atoms with van der Waals surface area (Å²) in [5, 5.41) is 1.12. The smallest absolute Gasteiger partial charge is 0.251 e. The molecule has 0 radical (unpaired) electrons. The van der Waals surface area contributed by atoms with Crippen molar-refractivity contribution in [3.05, 3.63) is 30.2 Å². The number of aromatic nitrogens is 3. The molecule has 0 saturated heterocycles. The van der Waals surface area contributed by atoms with Crippen molar-refractivity contribution in [3.63, 3.8) is 0 Å². The summed E-state index contributed by atoms with van der Waals surface area (Å²) < 4.78 is 0. The van der Waals surface area contributed by atoms with E-state index in [1.165, 1.54) is 24.0 Å².